The van der Waals surface area contributed by atoms with Gasteiger partial charge in [0.15, 0.2) is 0 Å². The van der Waals surface area contributed by atoms with Crippen LogP contribution < -0.4 is 0 Å². The van der Waals surface area contributed by atoms with Crippen LogP contribution in [0.5, 0.6) is 0 Å². The Balaban J connectivity index is 2.87. The van der Waals surface area contributed by atoms with Crippen molar-refractivity contribution in [2.24, 2.45) is 15.0 Å². The molecule has 0 spiro atoms. The highest BCUT2D eigenvalue weighted by atomic mass is 15.3. The Morgan fingerprint density at radius 2 is 0.794 bits per heavy atom. The summed E-state index contributed by atoms with van der Waals surface area (Å²) in [6.07, 6.45) is 0. The second-order valence-electron chi connectivity index (χ2n) is 9.44. The van der Waals surface area contributed by atoms with Gasteiger partial charge in [-0.15, -0.1) is 0 Å². The smallest absolute Gasteiger partial charge is 0.200 e. The maximum absolute atomic E-state index is 5.00. The highest BCUT2D eigenvalue weighted by molar-refractivity contribution is 6.04. The minimum absolute atomic E-state index is 0.857. The molecule has 0 fully saturated rings. The summed E-state index contributed by atoms with van der Waals surface area (Å²) in [6.45, 7) is 0. The van der Waals surface area contributed by atoms with Gasteiger partial charge in [-0.25, -0.2) is 15.0 Å². The number of aliphatic imine (C=N–C) groups is 3. The molecule has 0 aliphatic heterocycles. The van der Waals surface area contributed by atoms with E-state index in [-0.39, 0.29) is 0 Å². The Bertz CT molecular complexity index is 1050. The lowest BCUT2D eigenvalue weighted by atomic mass is 10.1. The van der Waals surface area contributed by atoms with Crippen molar-refractivity contribution in [3.8, 4) is 0 Å². The fourth-order valence-corrected chi connectivity index (χ4v) is 3.70. The topological polar surface area (TPSA) is 56.5 Å². The average molecular weight is 468 g/mol. The quantitative estimate of drug-likeness (QED) is 0.511. The van der Waals surface area contributed by atoms with Crippen LogP contribution in [0, 0.1) is 0 Å². The zero-order valence-corrected chi connectivity index (χ0v) is 22.9. The Kier molecular flexibility index (Phi) is 8.73. The molecule has 0 atom stereocenters. The largest absolute Gasteiger partial charge is 0.349 e. The van der Waals surface area contributed by atoms with E-state index in [1.165, 1.54) is 0 Å². The van der Waals surface area contributed by atoms with Gasteiger partial charge in [0.2, 0.25) is 17.9 Å². The van der Waals surface area contributed by atoms with Gasteiger partial charge in [-0.2, -0.15) is 0 Å². The van der Waals surface area contributed by atoms with Crippen LogP contribution in [0.3, 0.4) is 0 Å². The number of hydrogen-bond donors (Lipinski definition) is 0. The average Bonchev–Trinajstić information content (AvgIpc) is 2.72. The normalized spacial score (nSPS) is 10.4. The third-order valence-electron chi connectivity index (χ3n) is 5.02. The molecule has 0 radical (unpaired) electrons. The summed E-state index contributed by atoms with van der Waals surface area (Å²) in [5.41, 5.74) is 2.62. The molecule has 9 nitrogen and oxygen atoms in total. The Labute approximate surface area is 205 Å². The molecule has 9 heteroatoms. The molecule has 0 aliphatic rings. The van der Waals surface area contributed by atoms with Gasteiger partial charge in [-0.05, 0) is 30.3 Å². The highest BCUT2D eigenvalue weighted by Crippen LogP contribution is 2.36. The first kappa shape index (κ1) is 26.8. The number of guanidine groups is 3. The minimum Gasteiger partial charge on any atom is -0.349 e. The van der Waals surface area contributed by atoms with E-state index in [0.29, 0.717) is 0 Å². The van der Waals surface area contributed by atoms with Crippen molar-refractivity contribution in [3.05, 3.63) is 30.3 Å². The maximum Gasteiger partial charge on any atom is 0.200 e. The van der Waals surface area contributed by atoms with Gasteiger partial charge in [0.05, 0.1) is 17.1 Å². The van der Waals surface area contributed by atoms with Crippen molar-refractivity contribution >= 4 is 45.7 Å². The molecule has 186 valence electrons. The van der Waals surface area contributed by atoms with Crippen LogP contribution in [0.15, 0.2) is 45.3 Å². The van der Waals surface area contributed by atoms with Crippen LogP contribution in [0.25, 0.3) is 10.8 Å². The number of hydrogen-bond acceptors (Lipinski definition) is 3. The van der Waals surface area contributed by atoms with Gasteiger partial charge in [0.1, 0.15) is 0 Å². The second kappa shape index (κ2) is 11.1. The molecule has 0 N–H and O–H groups in total. The molecule has 2 aromatic carbocycles. The number of rotatable bonds is 3. The lowest BCUT2D eigenvalue weighted by Gasteiger charge is -2.24. The number of nitrogens with zero attached hydrogens (tertiary/aromatic N) is 9. The summed E-state index contributed by atoms with van der Waals surface area (Å²) in [5, 5.41) is 2.02. The standard InChI is InChI=1S/C25H41N9/c1-29(2)23(30(3)4)26-18-13-14-19-20(17-18)22(28-25(33(9)10)34(11)12)16-15-21(19)27-24(31(5)6)32(7)8/h13-17H,1-12H3. The summed E-state index contributed by atoms with van der Waals surface area (Å²) < 4.78 is 0. The fraction of sp³-hybridized carbons (Fsp3) is 0.480. The summed E-state index contributed by atoms with van der Waals surface area (Å²) in [4.78, 5) is 26.9. The summed E-state index contributed by atoms with van der Waals surface area (Å²) in [7, 11) is 23.9. The van der Waals surface area contributed by atoms with Gasteiger partial charge >= 0.3 is 0 Å². The molecule has 0 aliphatic carbocycles. The van der Waals surface area contributed by atoms with Gasteiger partial charge in [0.25, 0.3) is 0 Å². The zero-order valence-electron chi connectivity index (χ0n) is 22.9. The minimum atomic E-state index is 0.857. The third-order valence-corrected chi connectivity index (χ3v) is 5.02. The van der Waals surface area contributed by atoms with E-state index < -0.39 is 0 Å². The van der Waals surface area contributed by atoms with Crippen LogP contribution in [0.2, 0.25) is 0 Å². The van der Waals surface area contributed by atoms with E-state index in [0.717, 1.165) is 45.7 Å². The molecule has 2 rings (SSSR count). The molecular formula is C25H41N9. The van der Waals surface area contributed by atoms with E-state index in [1.807, 2.05) is 132 Å². The number of benzene rings is 2. The lowest BCUT2D eigenvalue weighted by Crippen LogP contribution is -2.35. The van der Waals surface area contributed by atoms with Crippen molar-refractivity contribution in [1.29, 1.82) is 0 Å². The Hall–Kier alpha value is -3.49. The molecule has 34 heavy (non-hydrogen) atoms. The zero-order chi connectivity index (χ0) is 25.7. The Morgan fingerprint density at radius 3 is 1.18 bits per heavy atom. The van der Waals surface area contributed by atoms with E-state index >= 15 is 0 Å². The molecule has 0 saturated carbocycles. The van der Waals surface area contributed by atoms with E-state index in [9.17, 15) is 0 Å². The molecule has 0 aromatic heterocycles. The summed E-state index contributed by atoms with van der Waals surface area (Å²) in [5.74, 6) is 2.59. The van der Waals surface area contributed by atoms with Gasteiger partial charge in [0, 0.05) is 95.3 Å². The van der Waals surface area contributed by atoms with Gasteiger partial charge in [-0.3, -0.25) is 0 Å². The lowest BCUT2D eigenvalue weighted by molar-refractivity contribution is 0.484. The second-order valence-corrected chi connectivity index (χ2v) is 9.44. The van der Waals surface area contributed by atoms with Gasteiger partial charge < -0.3 is 29.4 Å². The van der Waals surface area contributed by atoms with Crippen molar-refractivity contribution in [1.82, 2.24) is 29.4 Å². The predicted octanol–water partition coefficient (Wildman–Crippen LogP) is 3.17. The fourth-order valence-electron chi connectivity index (χ4n) is 3.70. The molecule has 0 saturated heterocycles. The van der Waals surface area contributed by atoms with Crippen LogP contribution in [0.1, 0.15) is 0 Å². The van der Waals surface area contributed by atoms with E-state index in [2.05, 4.69) is 12.1 Å². The monoisotopic (exact) mass is 467 g/mol. The summed E-state index contributed by atoms with van der Waals surface area (Å²) >= 11 is 0. The first-order valence-electron chi connectivity index (χ1n) is 11.2. The van der Waals surface area contributed by atoms with Crippen molar-refractivity contribution in [2.75, 3.05) is 84.6 Å². The van der Waals surface area contributed by atoms with Crippen LogP contribution >= 0.6 is 0 Å². The molecule has 0 unspecified atom stereocenters. The maximum atomic E-state index is 5.00. The van der Waals surface area contributed by atoms with Crippen molar-refractivity contribution in [3.63, 3.8) is 0 Å². The van der Waals surface area contributed by atoms with Gasteiger partial charge in [-0.1, -0.05) is 0 Å². The highest BCUT2D eigenvalue weighted by Gasteiger charge is 2.13. The third kappa shape index (κ3) is 6.30. The molecule has 0 amide bonds. The first-order valence-corrected chi connectivity index (χ1v) is 11.2. The molecule has 0 bridgehead atoms. The van der Waals surface area contributed by atoms with Crippen molar-refractivity contribution < 1.29 is 0 Å². The van der Waals surface area contributed by atoms with Crippen LogP contribution in [0.4, 0.5) is 17.1 Å². The number of fused-ring (bicyclic) bond motifs is 1. The van der Waals surface area contributed by atoms with E-state index in [4.69, 9.17) is 15.0 Å². The van der Waals surface area contributed by atoms with Crippen LogP contribution in [-0.4, -0.2) is 132 Å². The molecule has 2 aromatic rings. The SMILES string of the molecule is CN(C)C(=Nc1ccc2c(N=C(N(C)C)N(C)C)ccc(N=C(N(C)C)N(C)C)c2c1)N(C)C. The predicted molar refractivity (Wildman–Crippen MR) is 147 cm³/mol. The molecular weight excluding hydrogens is 426 g/mol. The Morgan fingerprint density at radius 1 is 0.441 bits per heavy atom. The van der Waals surface area contributed by atoms with E-state index in [1.54, 1.807) is 0 Å². The molecule has 0 heterocycles. The first-order chi connectivity index (χ1) is 15.8. The summed E-state index contributed by atoms with van der Waals surface area (Å²) in [6, 6.07) is 10.3. The van der Waals surface area contributed by atoms with Crippen molar-refractivity contribution in [2.45, 2.75) is 0 Å². The van der Waals surface area contributed by atoms with Crippen LogP contribution in [-0.2, 0) is 0 Å².